The van der Waals surface area contributed by atoms with Gasteiger partial charge in [0.2, 0.25) is 5.91 Å². The molecule has 0 spiro atoms. The van der Waals surface area contributed by atoms with E-state index in [9.17, 15) is 4.79 Å². The van der Waals surface area contributed by atoms with Crippen LogP contribution in [-0.4, -0.2) is 23.4 Å². The number of rotatable bonds is 4. The molecule has 0 saturated heterocycles. The Morgan fingerprint density at radius 3 is 2.92 bits per heavy atom. The van der Waals surface area contributed by atoms with Gasteiger partial charge in [0.1, 0.15) is 0 Å². The van der Waals surface area contributed by atoms with Gasteiger partial charge in [0.25, 0.3) is 0 Å². The fourth-order valence-corrected chi connectivity index (χ4v) is 1.48. The van der Waals surface area contributed by atoms with E-state index in [-0.39, 0.29) is 11.9 Å². The van der Waals surface area contributed by atoms with Gasteiger partial charge in [-0.15, -0.1) is 13.2 Å². The lowest BCUT2D eigenvalue weighted by atomic mass is 10.1. The molecule has 1 amide bonds. The van der Waals surface area contributed by atoms with Crippen LogP contribution in [0.1, 0.15) is 12.8 Å². The van der Waals surface area contributed by atoms with E-state index in [1.54, 1.807) is 6.08 Å². The van der Waals surface area contributed by atoms with E-state index in [0.717, 1.165) is 6.42 Å². The van der Waals surface area contributed by atoms with E-state index in [4.69, 9.17) is 0 Å². The first-order valence-electron chi connectivity index (χ1n) is 4.47. The third-order valence-electron chi connectivity index (χ3n) is 2.11. The molecule has 13 heavy (non-hydrogen) atoms. The Morgan fingerprint density at radius 2 is 2.31 bits per heavy atom. The number of hydrogen-bond donors (Lipinski definition) is 0. The van der Waals surface area contributed by atoms with Gasteiger partial charge in [0.05, 0.1) is 6.04 Å². The predicted octanol–water partition coefficient (Wildman–Crippen LogP) is 1.91. The summed E-state index contributed by atoms with van der Waals surface area (Å²) in [6.07, 6.45) is 8.91. The maximum absolute atomic E-state index is 11.5. The van der Waals surface area contributed by atoms with Crippen molar-refractivity contribution in [3.8, 4) is 0 Å². The van der Waals surface area contributed by atoms with Gasteiger partial charge in [0.15, 0.2) is 0 Å². The molecule has 1 atom stereocenters. The first-order chi connectivity index (χ1) is 6.29. The van der Waals surface area contributed by atoms with Crippen LogP contribution in [0.5, 0.6) is 0 Å². The van der Waals surface area contributed by atoms with Crippen LogP contribution in [0.4, 0.5) is 0 Å². The lowest BCUT2D eigenvalue weighted by Gasteiger charge is -2.30. The van der Waals surface area contributed by atoms with Crippen LogP contribution in [-0.2, 0) is 4.79 Å². The molecule has 0 aromatic rings. The zero-order valence-corrected chi connectivity index (χ0v) is 7.78. The van der Waals surface area contributed by atoms with Crippen molar-refractivity contribution in [1.29, 1.82) is 0 Å². The molecular formula is C11H15NO. The Kier molecular flexibility index (Phi) is 3.50. The molecule has 0 radical (unpaired) electrons. The molecule has 1 aliphatic rings. The van der Waals surface area contributed by atoms with E-state index in [1.165, 1.54) is 0 Å². The second-order valence-electron chi connectivity index (χ2n) is 3.06. The minimum atomic E-state index is 0.175. The Balaban J connectivity index is 2.71. The fourth-order valence-electron chi connectivity index (χ4n) is 1.48. The van der Waals surface area contributed by atoms with Gasteiger partial charge in [-0.05, 0) is 6.42 Å². The van der Waals surface area contributed by atoms with E-state index in [1.807, 2.05) is 17.1 Å². The van der Waals surface area contributed by atoms with Crippen molar-refractivity contribution < 1.29 is 4.79 Å². The van der Waals surface area contributed by atoms with Gasteiger partial charge < -0.3 is 4.90 Å². The molecule has 0 saturated carbocycles. The number of nitrogens with zero attached hydrogens (tertiary/aromatic N) is 1. The van der Waals surface area contributed by atoms with Crippen molar-refractivity contribution in [3.05, 3.63) is 37.5 Å². The van der Waals surface area contributed by atoms with E-state index >= 15 is 0 Å². The molecule has 0 aromatic carbocycles. The summed E-state index contributed by atoms with van der Waals surface area (Å²) in [6.45, 7) is 7.94. The quantitative estimate of drug-likeness (QED) is 0.601. The molecule has 1 rings (SSSR count). The van der Waals surface area contributed by atoms with Crippen molar-refractivity contribution >= 4 is 5.91 Å². The molecule has 2 nitrogen and oxygen atoms in total. The molecule has 0 aliphatic carbocycles. The minimum Gasteiger partial charge on any atom is -0.332 e. The molecule has 0 unspecified atom stereocenters. The van der Waals surface area contributed by atoms with Crippen molar-refractivity contribution in [2.24, 2.45) is 0 Å². The average molecular weight is 177 g/mol. The van der Waals surface area contributed by atoms with Crippen molar-refractivity contribution in [3.63, 3.8) is 0 Å². The van der Waals surface area contributed by atoms with E-state index < -0.39 is 0 Å². The molecule has 1 heterocycles. The summed E-state index contributed by atoms with van der Waals surface area (Å²) >= 11 is 0. The Hall–Kier alpha value is -1.31. The Labute approximate surface area is 79.2 Å². The molecule has 0 aromatic heterocycles. The fraction of sp³-hybridized carbons (Fsp3) is 0.364. The highest BCUT2D eigenvalue weighted by Crippen LogP contribution is 2.14. The summed E-state index contributed by atoms with van der Waals surface area (Å²) in [6, 6.07) is 0.178. The topological polar surface area (TPSA) is 20.3 Å². The first kappa shape index (κ1) is 9.78. The van der Waals surface area contributed by atoms with Gasteiger partial charge in [0, 0.05) is 13.0 Å². The normalized spacial score (nSPS) is 21.7. The molecule has 70 valence electrons. The largest absolute Gasteiger partial charge is 0.332 e. The number of amides is 1. The molecule has 0 N–H and O–H groups in total. The van der Waals surface area contributed by atoms with Gasteiger partial charge >= 0.3 is 0 Å². The molecule has 1 aliphatic heterocycles. The van der Waals surface area contributed by atoms with Gasteiger partial charge in [-0.3, -0.25) is 4.79 Å². The summed E-state index contributed by atoms with van der Waals surface area (Å²) in [4.78, 5) is 13.3. The Bertz CT molecular complexity index is 242. The van der Waals surface area contributed by atoms with Crippen LogP contribution in [0.15, 0.2) is 37.5 Å². The maximum atomic E-state index is 11.5. The summed E-state index contributed by atoms with van der Waals surface area (Å²) in [7, 11) is 0. The second kappa shape index (κ2) is 4.65. The van der Waals surface area contributed by atoms with Crippen molar-refractivity contribution in [1.82, 2.24) is 4.90 Å². The highest BCUT2D eigenvalue weighted by molar-refractivity contribution is 5.79. The van der Waals surface area contributed by atoms with Crippen molar-refractivity contribution in [2.45, 2.75) is 18.9 Å². The standard InChI is InChI=1S/C11H15NO/c1-3-6-10-7-5-8-11(13)12(10)9-4-2/h3-5,7,10H,1-2,6,8-9H2/t10-/m0/s1. The molecule has 2 heteroatoms. The Morgan fingerprint density at radius 1 is 1.54 bits per heavy atom. The zero-order chi connectivity index (χ0) is 9.68. The molecule has 0 fully saturated rings. The summed E-state index contributed by atoms with van der Waals surface area (Å²) in [5.41, 5.74) is 0. The van der Waals surface area contributed by atoms with Crippen LogP contribution in [0.3, 0.4) is 0 Å². The van der Waals surface area contributed by atoms with Crippen LogP contribution < -0.4 is 0 Å². The van der Waals surface area contributed by atoms with Crippen LogP contribution in [0.2, 0.25) is 0 Å². The maximum Gasteiger partial charge on any atom is 0.227 e. The van der Waals surface area contributed by atoms with E-state index in [0.29, 0.717) is 13.0 Å². The molecule has 0 bridgehead atoms. The van der Waals surface area contributed by atoms with Crippen LogP contribution in [0.25, 0.3) is 0 Å². The smallest absolute Gasteiger partial charge is 0.227 e. The zero-order valence-electron chi connectivity index (χ0n) is 7.78. The summed E-state index contributed by atoms with van der Waals surface area (Å²) in [5.74, 6) is 0.175. The molecular weight excluding hydrogens is 162 g/mol. The summed E-state index contributed by atoms with van der Waals surface area (Å²) in [5, 5.41) is 0. The highest BCUT2D eigenvalue weighted by atomic mass is 16.2. The third-order valence-corrected chi connectivity index (χ3v) is 2.11. The first-order valence-corrected chi connectivity index (χ1v) is 4.47. The summed E-state index contributed by atoms with van der Waals surface area (Å²) < 4.78 is 0. The van der Waals surface area contributed by atoms with Crippen LogP contribution in [0, 0.1) is 0 Å². The van der Waals surface area contributed by atoms with Gasteiger partial charge in [-0.25, -0.2) is 0 Å². The number of carbonyl (C=O) groups is 1. The SMILES string of the molecule is C=CC[C@H]1C=CCC(=O)N1CC=C. The average Bonchev–Trinajstić information content (AvgIpc) is 2.11. The lowest BCUT2D eigenvalue weighted by Crippen LogP contribution is -2.40. The van der Waals surface area contributed by atoms with Gasteiger partial charge in [-0.1, -0.05) is 24.3 Å². The number of hydrogen-bond acceptors (Lipinski definition) is 1. The minimum absolute atomic E-state index is 0.175. The highest BCUT2D eigenvalue weighted by Gasteiger charge is 2.21. The van der Waals surface area contributed by atoms with Crippen LogP contribution >= 0.6 is 0 Å². The van der Waals surface area contributed by atoms with Crippen molar-refractivity contribution in [2.75, 3.05) is 6.54 Å². The third kappa shape index (κ3) is 2.31. The second-order valence-corrected chi connectivity index (χ2v) is 3.06. The van der Waals surface area contributed by atoms with E-state index in [2.05, 4.69) is 19.2 Å². The number of carbonyl (C=O) groups excluding carboxylic acids is 1. The lowest BCUT2D eigenvalue weighted by molar-refractivity contribution is -0.131. The van der Waals surface area contributed by atoms with Gasteiger partial charge in [-0.2, -0.15) is 0 Å². The monoisotopic (exact) mass is 177 g/mol. The predicted molar refractivity (Wildman–Crippen MR) is 54.3 cm³/mol.